The summed E-state index contributed by atoms with van der Waals surface area (Å²) in [6.45, 7) is 2.47. The van der Waals surface area contributed by atoms with Crippen molar-refractivity contribution >= 4 is 26.7 Å². The lowest BCUT2D eigenvalue weighted by Crippen LogP contribution is -2.43. The maximum Gasteiger partial charge on any atom is 0.244 e. The Morgan fingerprint density at radius 1 is 1.03 bits per heavy atom. The molecule has 1 aliphatic heterocycles. The third-order valence-electron chi connectivity index (χ3n) is 6.08. The normalized spacial score (nSPS) is 16.4. The highest BCUT2D eigenvalue weighted by Gasteiger charge is 2.33. The Kier molecular flexibility index (Phi) is 6.26. The maximum absolute atomic E-state index is 13.0. The summed E-state index contributed by atoms with van der Waals surface area (Å²) in [5.41, 5.74) is 1.17. The lowest BCUT2D eigenvalue weighted by Gasteiger charge is -2.31. The van der Waals surface area contributed by atoms with Crippen molar-refractivity contribution < 1.29 is 13.2 Å². The number of hydrogen-bond acceptors (Lipinski definition) is 4. The van der Waals surface area contributed by atoms with Gasteiger partial charge in [-0.15, -0.1) is 0 Å². The van der Waals surface area contributed by atoms with Crippen LogP contribution in [0.2, 0.25) is 0 Å². The predicted octanol–water partition coefficient (Wildman–Crippen LogP) is 3.99. The largest absolute Gasteiger partial charge is 0.349 e. The molecule has 0 spiro atoms. The van der Waals surface area contributed by atoms with Crippen molar-refractivity contribution in [3.63, 3.8) is 0 Å². The minimum Gasteiger partial charge on any atom is -0.349 e. The van der Waals surface area contributed by atoms with Gasteiger partial charge in [0.2, 0.25) is 15.9 Å². The van der Waals surface area contributed by atoms with E-state index in [-0.39, 0.29) is 41.4 Å². The second-order valence-electron chi connectivity index (χ2n) is 8.12. The van der Waals surface area contributed by atoms with Gasteiger partial charge in [0.05, 0.1) is 16.5 Å². The molecule has 1 N–H and O–H groups in total. The predicted molar refractivity (Wildman–Crippen MR) is 123 cm³/mol. The van der Waals surface area contributed by atoms with Gasteiger partial charge in [-0.3, -0.25) is 4.79 Å². The number of nitrogens with zero attached hydrogens (tertiary/aromatic N) is 2. The number of piperidine rings is 1. The summed E-state index contributed by atoms with van der Waals surface area (Å²) >= 11 is 0. The molecule has 1 heterocycles. The molecule has 1 fully saturated rings. The number of sulfonamides is 1. The highest BCUT2D eigenvalue weighted by atomic mass is 32.2. The van der Waals surface area contributed by atoms with Gasteiger partial charge in [-0.25, -0.2) is 8.42 Å². The number of carbonyl (C=O) groups excluding carboxylic acids is 1. The van der Waals surface area contributed by atoms with Crippen LogP contribution in [0.1, 0.15) is 36.9 Å². The van der Waals surface area contributed by atoms with Crippen LogP contribution in [0, 0.1) is 17.2 Å². The fraction of sp³-hybridized carbons (Fsp3) is 0.280. The zero-order chi connectivity index (χ0) is 22.7. The van der Waals surface area contributed by atoms with Crippen molar-refractivity contribution in [1.82, 2.24) is 9.62 Å². The molecule has 1 atom stereocenters. The first-order valence-electron chi connectivity index (χ1n) is 10.7. The molecule has 1 aliphatic rings. The van der Waals surface area contributed by atoms with Gasteiger partial charge in [0.1, 0.15) is 6.07 Å². The van der Waals surface area contributed by atoms with Crippen LogP contribution in [0.4, 0.5) is 0 Å². The van der Waals surface area contributed by atoms with Crippen LogP contribution < -0.4 is 5.32 Å². The van der Waals surface area contributed by atoms with Gasteiger partial charge in [0, 0.05) is 19.0 Å². The molecule has 164 valence electrons. The van der Waals surface area contributed by atoms with Gasteiger partial charge in [-0.05, 0) is 54.3 Å². The number of benzene rings is 3. The first-order chi connectivity index (χ1) is 15.4. The monoisotopic (exact) mass is 447 g/mol. The van der Waals surface area contributed by atoms with E-state index in [4.69, 9.17) is 0 Å². The van der Waals surface area contributed by atoms with Crippen LogP contribution in [-0.2, 0) is 14.8 Å². The van der Waals surface area contributed by atoms with Crippen molar-refractivity contribution in [2.75, 3.05) is 13.1 Å². The molecule has 7 heteroatoms. The molecule has 1 saturated heterocycles. The Morgan fingerprint density at radius 3 is 2.41 bits per heavy atom. The van der Waals surface area contributed by atoms with E-state index >= 15 is 0 Å². The number of nitrogens with one attached hydrogen (secondary N) is 1. The van der Waals surface area contributed by atoms with E-state index in [1.165, 1.54) is 16.4 Å². The average Bonchev–Trinajstić information content (AvgIpc) is 2.83. The summed E-state index contributed by atoms with van der Waals surface area (Å²) < 4.78 is 27.3. The van der Waals surface area contributed by atoms with Crippen molar-refractivity contribution in [3.05, 3.63) is 77.9 Å². The van der Waals surface area contributed by atoms with Crippen LogP contribution in [0.15, 0.2) is 71.6 Å². The van der Waals surface area contributed by atoms with Gasteiger partial charge in [-0.1, -0.05) is 48.5 Å². The summed E-state index contributed by atoms with van der Waals surface area (Å²) in [6.07, 6.45) is 0.897. The fourth-order valence-corrected chi connectivity index (χ4v) is 5.78. The number of fused-ring (bicyclic) bond motifs is 1. The molecule has 3 aromatic carbocycles. The van der Waals surface area contributed by atoms with Crippen molar-refractivity contribution in [2.45, 2.75) is 30.7 Å². The Balaban J connectivity index is 1.39. The van der Waals surface area contributed by atoms with E-state index in [1.807, 2.05) is 37.3 Å². The van der Waals surface area contributed by atoms with E-state index < -0.39 is 10.0 Å². The SMILES string of the molecule is C[C@@H](NC(=O)C1CCN(S(=O)(=O)c2ccccc2C#N)CC1)c1ccc2ccccc2c1. The van der Waals surface area contributed by atoms with Gasteiger partial charge >= 0.3 is 0 Å². The quantitative estimate of drug-likeness (QED) is 0.640. The Hall–Kier alpha value is -3.21. The number of amides is 1. The molecule has 0 saturated carbocycles. The summed E-state index contributed by atoms with van der Waals surface area (Å²) in [5, 5.41) is 14.6. The lowest BCUT2D eigenvalue weighted by atomic mass is 9.96. The zero-order valence-electron chi connectivity index (χ0n) is 17.9. The van der Waals surface area contributed by atoms with E-state index in [0.29, 0.717) is 12.8 Å². The molecular formula is C25H25N3O3S. The molecule has 0 unspecified atom stereocenters. The first-order valence-corrected chi connectivity index (χ1v) is 12.1. The molecule has 4 rings (SSSR count). The lowest BCUT2D eigenvalue weighted by molar-refractivity contribution is -0.126. The third-order valence-corrected chi connectivity index (χ3v) is 8.04. The zero-order valence-corrected chi connectivity index (χ0v) is 18.7. The molecule has 0 radical (unpaired) electrons. The molecule has 3 aromatic rings. The van der Waals surface area contributed by atoms with E-state index in [0.717, 1.165) is 16.3 Å². The van der Waals surface area contributed by atoms with Crippen molar-refractivity contribution in [3.8, 4) is 6.07 Å². The van der Waals surface area contributed by atoms with Crippen LogP contribution in [-0.4, -0.2) is 31.7 Å². The highest BCUT2D eigenvalue weighted by molar-refractivity contribution is 7.89. The van der Waals surface area contributed by atoms with Crippen LogP contribution >= 0.6 is 0 Å². The third kappa shape index (κ3) is 4.38. The topological polar surface area (TPSA) is 90.3 Å². The number of rotatable bonds is 5. The van der Waals surface area contributed by atoms with Gasteiger partial charge < -0.3 is 5.32 Å². The highest BCUT2D eigenvalue weighted by Crippen LogP contribution is 2.27. The smallest absolute Gasteiger partial charge is 0.244 e. The molecule has 32 heavy (non-hydrogen) atoms. The molecular weight excluding hydrogens is 422 g/mol. The maximum atomic E-state index is 13.0. The van der Waals surface area contributed by atoms with Crippen molar-refractivity contribution in [1.29, 1.82) is 5.26 Å². The number of hydrogen-bond donors (Lipinski definition) is 1. The molecule has 0 bridgehead atoms. The minimum atomic E-state index is -3.76. The second kappa shape index (κ2) is 9.11. The van der Waals surface area contributed by atoms with E-state index in [1.54, 1.807) is 12.1 Å². The molecule has 0 aliphatic carbocycles. The van der Waals surface area contributed by atoms with E-state index in [2.05, 4.69) is 23.5 Å². The molecule has 6 nitrogen and oxygen atoms in total. The summed E-state index contributed by atoms with van der Waals surface area (Å²) in [7, 11) is -3.76. The fourth-order valence-electron chi connectivity index (χ4n) is 4.17. The van der Waals surface area contributed by atoms with Gasteiger partial charge in [0.25, 0.3) is 0 Å². The number of nitriles is 1. The van der Waals surface area contributed by atoms with Crippen molar-refractivity contribution in [2.24, 2.45) is 5.92 Å². The van der Waals surface area contributed by atoms with Crippen LogP contribution in [0.3, 0.4) is 0 Å². The summed E-state index contributed by atoms with van der Waals surface area (Å²) in [6, 6.07) is 22.3. The van der Waals surface area contributed by atoms with Crippen LogP contribution in [0.5, 0.6) is 0 Å². The summed E-state index contributed by atoms with van der Waals surface area (Å²) in [5.74, 6) is -0.296. The molecule has 0 aromatic heterocycles. The minimum absolute atomic E-state index is 0.0235. The van der Waals surface area contributed by atoms with Gasteiger partial charge in [-0.2, -0.15) is 9.57 Å². The second-order valence-corrected chi connectivity index (χ2v) is 10.0. The van der Waals surface area contributed by atoms with Gasteiger partial charge in [0.15, 0.2) is 0 Å². The summed E-state index contributed by atoms with van der Waals surface area (Å²) in [4.78, 5) is 12.9. The first kappa shape index (κ1) is 22.0. The van der Waals surface area contributed by atoms with Crippen LogP contribution in [0.25, 0.3) is 10.8 Å². The Morgan fingerprint density at radius 2 is 1.69 bits per heavy atom. The molecule has 1 amide bonds. The Bertz CT molecular complexity index is 1290. The average molecular weight is 448 g/mol. The standard InChI is InChI=1S/C25H25N3O3S/c1-18(21-11-10-19-6-2-3-7-22(19)16-21)27-25(29)20-12-14-28(15-13-20)32(30,31)24-9-5-4-8-23(24)17-26/h2-11,16,18,20H,12-15H2,1H3,(H,27,29)/t18-/m1/s1. The Labute approximate surface area is 188 Å². The van der Waals surface area contributed by atoms with E-state index in [9.17, 15) is 18.5 Å². The number of carbonyl (C=O) groups is 1.